The zero-order valence-corrected chi connectivity index (χ0v) is 20.5. The van der Waals surface area contributed by atoms with Crippen molar-refractivity contribution in [1.82, 2.24) is 20.6 Å². The van der Waals surface area contributed by atoms with Gasteiger partial charge in [-0.25, -0.2) is 19.2 Å². The number of amides is 2. The van der Waals surface area contributed by atoms with Gasteiger partial charge in [-0.05, 0) is 61.9 Å². The number of carbonyl (C=O) groups is 3. The summed E-state index contributed by atoms with van der Waals surface area (Å²) in [6.07, 6.45) is 0.937. The van der Waals surface area contributed by atoms with Gasteiger partial charge in [0.05, 0.1) is 21.8 Å². The van der Waals surface area contributed by atoms with Crippen molar-refractivity contribution in [2.24, 2.45) is 0 Å². The van der Waals surface area contributed by atoms with Gasteiger partial charge in [0, 0.05) is 13.1 Å². The third kappa shape index (κ3) is 6.98. The number of carbonyl (C=O) groups excluding carboxylic acids is 2. The molecule has 0 radical (unpaired) electrons. The number of phenols is 1. The van der Waals surface area contributed by atoms with E-state index in [9.17, 15) is 29.0 Å². The molecule has 0 bridgehead atoms. The molecule has 2 amide bonds. The number of aromatic nitrogens is 2. The molecule has 1 atom stereocenters. The highest BCUT2D eigenvalue weighted by Gasteiger charge is 2.24. The summed E-state index contributed by atoms with van der Waals surface area (Å²) < 4.78 is 13.8. The van der Waals surface area contributed by atoms with Crippen LogP contribution in [0.25, 0.3) is 0 Å². The molecule has 0 saturated carbocycles. The quantitative estimate of drug-likeness (QED) is 0.244. The standard InChI is InChI=1S/C24H26FN5O5S/c1-13-20(22(33)30-18(23(34)35)12-27-21(32)19-6-4-10-36-19)14(2)29-24(28-13)26-9-3-5-15-11-16(31)7-8-17(15)25/h4,6-8,10-11,18,31H,3,5,9,12H2,1-2H3,(H,27,32)(H,30,33)(H,34,35)(H,26,28,29)/t18-/m0/s1. The fourth-order valence-electron chi connectivity index (χ4n) is 3.48. The molecule has 12 heteroatoms. The number of benzene rings is 1. The zero-order valence-electron chi connectivity index (χ0n) is 19.7. The van der Waals surface area contributed by atoms with E-state index < -0.39 is 29.6 Å². The summed E-state index contributed by atoms with van der Waals surface area (Å²) in [6, 6.07) is 5.84. The highest BCUT2D eigenvalue weighted by atomic mass is 32.1. The second kappa shape index (κ2) is 12.1. The number of phenolic OH excluding ortho intramolecular Hbond substituents is 1. The van der Waals surface area contributed by atoms with Gasteiger partial charge >= 0.3 is 5.97 Å². The Bertz CT molecular complexity index is 1230. The summed E-state index contributed by atoms with van der Waals surface area (Å²) in [4.78, 5) is 45.5. The fraction of sp³-hybridized carbons (Fsp3) is 0.292. The smallest absolute Gasteiger partial charge is 0.328 e. The van der Waals surface area contributed by atoms with Gasteiger partial charge in [0.2, 0.25) is 5.95 Å². The van der Waals surface area contributed by atoms with Crippen LogP contribution in [0.2, 0.25) is 0 Å². The van der Waals surface area contributed by atoms with Crippen LogP contribution in [-0.4, -0.2) is 57.1 Å². The van der Waals surface area contributed by atoms with E-state index >= 15 is 0 Å². The number of anilines is 1. The lowest BCUT2D eigenvalue weighted by molar-refractivity contribution is -0.139. The molecular formula is C24H26FN5O5S. The Balaban J connectivity index is 1.57. The maximum Gasteiger partial charge on any atom is 0.328 e. The Morgan fingerprint density at radius 1 is 1.11 bits per heavy atom. The summed E-state index contributed by atoms with van der Waals surface area (Å²) in [7, 11) is 0. The SMILES string of the molecule is Cc1nc(NCCCc2cc(O)ccc2F)nc(C)c1C(=O)N[C@@H](CNC(=O)c1cccs1)C(=O)O. The highest BCUT2D eigenvalue weighted by molar-refractivity contribution is 7.12. The van der Waals surface area contributed by atoms with Crippen molar-refractivity contribution in [1.29, 1.82) is 0 Å². The number of carboxylic acids is 1. The third-order valence-electron chi connectivity index (χ3n) is 5.25. The molecule has 0 saturated heterocycles. The lowest BCUT2D eigenvalue weighted by Gasteiger charge is -2.17. The molecule has 0 aliphatic heterocycles. The van der Waals surface area contributed by atoms with Crippen LogP contribution in [-0.2, 0) is 11.2 Å². The van der Waals surface area contributed by atoms with Crippen LogP contribution < -0.4 is 16.0 Å². The lowest BCUT2D eigenvalue weighted by atomic mass is 10.1. The predicted molar refractivity (Wildman–Crippen MR) is 132 cm³/mol. The molecule has 1 aromatic carbocycles. The van der Waals surface area contributed by atoms with Crippen molar-refractivity contribution < 1.29 is 29.0 Å². The third-order valence-corrected chi connectivity index (χ3v) is 6.12. The molecule has 3 rings (SSSR count). The second-order valence-corrected chi connectivity index (χ2v) is 8.90. The largest absolute Gasteiger partial charge is 0.508 e. The highest BCUT2D eigenvalue weighted by Crippen LogP contribution is 2.17. The average molecular weight is 516 g/mol. The first kappa shape index (κ1) is 26.5. The van der Waals surface area contributed by atoms with Gasteiger partial charge in [-0.3, -0.25) is 9.59 Å². The Kier molecular flexibility index (Phi) is 8.90. The Morgan fingerprint density at radius 3 is 2.47 bits per heavy atom. The van der Waals surface area contributed by atoms with Gasteiger partial charge in [0.15, 0.2) is 0 Å². The maximum absolute atomic E-state index is 13.8. The first-order chi connectivity index (χ1) is 17.2. The van der Waals surface area contributed by atoms with Gasteiger partial charge in [0.25, 0.3) is 11.8 Å². The summed E-state index contributed by atoms with van der Waals surface area (Å²) in [5.41, 5.74) is 1.22. The Hall–Kier alpha value is -4.06. The number of thiophene rings is 1. The van der Waals surface area contributed by atoms with E-state index in [2.05, 4.69) is 25.9 Å². The van der Waals surface area contributed by atoms with E-state index in [1.165, 1.54) is 29.5 Å². The van der Waals surface area contributed by atoms with Crippen molar-refractivity contribution in [3.63, 3.8) is 0 Å². The van der Waals surface area contributed by atoms with Crippen LogP contribution in [0.1, 0.15) is 43.4 Å². The zero-order chi connectivity index (χ0) is 26.2. The molecule has 2 heterocycles. The molecule has 0 aliphatic carbocycles. The lowest BCUT2D eigenvalue weighted by Crippen LogP contribution is -2.48. The minimum Gasteiger partial charge on any atom is -0.508 e. The molecule has 5 N–H and O–H groups in total. The molecule has 0 unspecified atom stereocenters. The normalized spacial score (nSPS) is 11.5. The number of rotatable bonds is 11. The minimum atomic E-state index is -1.35. The van der Waals surface area contributed by atoms with E-state index in [0.717, 1.165) is 0 Å². The van der Waals surface area contributed by atoms with E-state index in [0.29, 0.717) is 41.2 Å². The molecule has 0 spiro atoms. The number of nitrogens with zero attached hydrogens (tertiary/aromatic N) is 2. The summed E-state index contributed by atoms with van der Waals surface area (Å²) in [6.45, 7) is 3.33. The van der Waals surface area contributed by atoms with Crippen molar-refractivity contribution in [3.8, 4) is 5.75 Å². The predicted octanol–water partition coefficient (Wildman–Crippen LogP) is 2.66. The monoisotopic (exact) mass is 515 g/mol. The van der Waals surface area contributed by atoms with Crippen LogP contribution in [0, 0.1) is 19.7 Å². The van der Waals surface area contributed by atoms with Crippen LogP contribution >= 0.6 is 11.3 Å². The number of nitrogens with one attached hydrogen (secondary N) is 3. The molecular weight excluding hydrogens is 489 g/mol. The van der Waals surface area contributed by atoms with Crippen molar-refractivity contribution in [3.05, 3.63) is 68.9 Å². The van der Waals surface area contributed by atoms with E-state index in [-0.39, 0.29) is 23.8 Å². The van der Waals surface area contributed by atoms with Gasteiger partial charge < -0.3 is 26.2 Å². The molecule has 0 fully saturated rings. The fourth-order valence-corrected chi connectivity index (χ4v) is 4.12. The Morgan fingerprint density at radius 2 is 1.83 bits per heavy atom. The first-order valence-electron chi connectivity index (χ1n) is 11.1. The maximum atomic E-state index is 13.8. The van der Waals surface area contributed by atoms with Crippen LogP contribution in [0.5, 0.6) is 5.75 Å². The first-order valence-corrected chi connectivity index (χ1v) is 12.0. The topological polar surface area (TPSA) is 154 Å². The minimum absolute atomic E-state index is 0.00200. The summed E-state index contributed by atoms with van der Waals surface area (Å²) >= 11 is 1.22. The van der Waals surface area contributed by atoms with Crippen molar-refractivity contribution >= 4 is 35.1 Å². The van der Waals surface area contributed by atoms with Crippen LogP contribution in [0.15, 0.2) is 35.7 Å². The molecule has 2 aromatic heterocycles. The van der Waals surface area contributed by atoms with E-state index in [4.69, 9.17) is 0 Å². The second-order valence-electron chi connectivity index (χ2n) is 7.95. The number of hydrogen-bond acceptors (Lipinski definition) is 8. The number of aryl methyl sites for hydroxylation is 3. The summed E-state index contributed by atoms with van der Waals surface area (Å²) in [5.74, 6) is -2.52. The summed E-state index contributed by atoms with van der Waals surface area (Å²) in [5, 5.41) is 28.6. The van der Waals surface area contributed by atoms with Gasteiger partial charge in [-0.1, -0.05) is 6.07 Å². The van der Waals surface area contributed by atoms with Crippen molar-refractivity contribution in [2.75, 3.05) is 18.4 Å². The molecule has 3 aromatic rings. The van der Waals surface area contributed by atoms with Gasteiger partial charge in [0.1, 0.15) is 17.6 Å². The number of aliphatic carboxylic acids is 1. The molecule has 190 valence electrons. The van der Waals surface area contributed by atoms with Crippen LogP contribution in [0.4, 0.5) is 10.3 Å². The average Bonchev–Trinajstić information content (AvgIpc) is 3.36. The number of hydrogen-bond donors (Lipinski definition) is 5. The molecule has 0 aliphatic rings. The number of aromatic hydroxyl groups is 1. The molecule has 10 nitrogen and oxygen atoms in total. The Labute approximate surface area is 210 Å². The van der Waals surface area contributed by atoms with Gasteiger partial charge in [-0.15, -0.1) is 11.3 Å². The van der Waals surface area contributed by atoms with E-state index in [1.54, 1.807) is 31.4 Å². The van der Waals surface area contributed by atoms with Crippen LogP contribution in [0.3, 0.4) is 0 Å². The molecule has 36 heavy (non-hydrogen) atoms. The van der Waals surface area contributed by atoms with Gasteiger partial charge in [-0.2, -0.15) is 0 Å². The number of halogens is 1. The van der Waals surface area contributed by atoms with E-state index in [1.807, 2.05) is 0 Å². The van der Waals surface area contributed by atoms with Crippen molar-refractivity contribution in [2.45, 2.75) is 32.7 Å². The number of carboxylic acid groups (broad SMARTS) is 1.